The number of ether oxygens (including phenoxy) is 2. The molecule has 0 aromatic carbocycles. The van der Waals surface area contributed by atoms with E-state index in [0.717, 1.165) is 32.4 Å². The Bertz CT molecular complexity index is 304. The lowest BCUT2D eigenvalue weighted by atomic mass is 10.0. The van der Waals surface area contributed by atoms with Crippen LogP contribution in [-0.4, -0.2) is 49.2 Å². The molecule has 0 aliphatic carbocycles. The zero-order valence-corrected chi connectivity index (χ0v) is 15.2. The van der Waals surface area contributed by atoms with Gasteiger partial charge in [0.2, 0.25) is 0 Å². The average Bonchev–Trinajstić information content (AvgIpc) is 2.42. The molecule has 1 unspecified atom stereocenters. The van der Waals surface area contributed by atoms with Crippen LogP contribution in [0.15, 0.2) is 12.4 Å². The Morgan fingerprint density at radius 3 is 2.41 bits per heavy atom. The molecule has 22 heavy (non-hydrogen) atoms. The summed E-state index contributed by atoms with van der Waals surface area (Å²) in [5.41, 5.74) is -0.231. The van der Waals surface area contributed by atoms with Crippen molar-refractivity contribution >= 4 is 0 Å². The van der Waals surface area contributed by atoms with Gasteiger partial charge in [-0.3, -0.25) is 0 Å². The smallest absolute Gasteiger partial charge is 0.0643 e. The fraction of sp³-hybridized carbons (Fsp3) is 0.882. The molecule has 0 aliphatic heterocycles. The van der Waals surface area contributed by atoms with Crippen molar-refractivity contribution in [3.8, 4) is 0 Å². The van der Waals surface area contributed by atoms with Crippen molar-refractivity contribution in [2.75, 3.05) is 26.9 Å². The van der Waals surface area contributed by atoms with Gasteiger partial charge in [0.05, 0.1) is 11.7 Å². The Morgan fingerprint density at radius 1 is 1.14 bits per heavy atom. The molecule has 5 nitrogen and oxygen atoms in total. The lowest BCUT2D eigenvalue weighted by Crippen LogP contribution is -2.36. The van der Waals surface area contributed by atoms with Crippen molar-refractivity contribution in [1.29, 1.82) is 0 Å². The Labute approximate surface area is 136 Å². The molecule has 0 aliphatic rings. The molecule has 0 radical (unpaired) electrons. The highest BCUT2D eigenvalue weighted by atomic mass is 16.5. The second kappa shape index (κ2) is 10.9. The van der Waals surface area contributed by atoms with Crippen molar-refractivity contribution in [2.45, 2.75) is 71.1 Å². The number of aliphatic hydroxyl groups is 1. The molecule has 1 atom stereocenters. The summed E-state index contributed by atoms with van der Waals surface area (Å²) >= 11 is 0. The van der Waals surface area contributed by atoms with Crippen LogP contribution < -0.4 is 10.6 Å². The van der Waals surface area contributed by atoms with Crippen LogP contribution >= 0.6 is 0 Å². The summed E-state index contributed by atoms with van der Waals surface area (Å²) in [6.07, 6.45) is 6.60. The maximum Gasteiger partial charge on any atom is 0.0643 e. The van der Waals surface area contributed by atoms with E-state index in [4.69, 9.17) is 14.6 Å². The van der Waals surface area contributed by atoms with E-state index in [9.17, 15) is 0 Å². The molecular formula is C17H36N2O3. The van der Waals surface area contributed by atoms with Crippen molar-refractivity contribution in [3.05, 3.63) is 12.4 Å². The molecule has 0 fully saturated rings. The van der Waals surface area contributed by atoms with E-state index in [1.807, 2.05) is 19.3 Å². The molecular weight excluding hydrogens is 280 g/mol. The summed E-state index contributed by atoms with van der Waals surface area (Å²) in [7, 11) is 1.72. The zero-order chi connectivity index (χ0) is 17.1. The van der Waals surface area contributed by atoms with Gasteiger partial charge in [-0.25, -0.2) is 0 Å². The highest BCUT2D eigenvalue weighted by molar-refractivity contribution is 4.87. The lowest BCUT2D eigenvalue weighted by Gasteiger charge is -2.26. The van der Waals surface area contributed by atoms with E-state index >= 15 is 0 Å². The van der Waals surface area contributed by atoms with E-state index < -0.39 is 0 Å². The fourth-order valence-electron chi connectivity index (χ4n) is 1.83. The standard InChI is InChI=1S/C17H36N2O3/c1-15(21-6)7-14-22-17(4,5)8-10-18-11-12-19-16(2,3)9-13-20/h11-12,15,18-20H,7-10,13-14H2,1-6H3/b12-11-. The minimum atomic E-state index is -0.141. The number of rotatable bonds is 13. The molecule has 0 aromatic heterocycles. The van der Waals surface area contributed by atoms with E-state index in [0.29, 0.717) is 0 Å². The van der Waals surface area contributed by atoms with Gasteiger partial charge in [0, 0.05) is 44.8 Å². The predicted octanol–water partition coefficient (Wildman–Crippen LogP) is 2.41. The van der Waals surface area contributed by atoms with Gasteiger partial charge in [-0.2, -0.15) is 0 Å². The van der Waals surface area contributed by atoms with Gasteiger partial charge in [0.1, 0.15) is 0 Å². The minimum Gasteiger partial charge on any atom is -0.396 e. The molecule has 0 saturated carbocycles. The number of aliphatic hydroxyl groups excluding tert-OH is 1. The minimum absolute atomic E-state index is 0.0899. The van der Waals surface area contributed by atoms with E-state index in [-0.39, 0.29) is 23.9 Å². The van der Waals surface area contributed by atoms with Crippen LogP contribution in [-0.2, 0) is 9.47 Å². The molecule has 132 valence electrons. The first-order valence-corrected chi connectivity index (χ1v) is 8.16. The first kappa shape index (κ1) is 21.2. The third kappa shape index (κ3) is 11.8. The van der Waals surface area contributed by atoms with Gasteiger partial charge < -0.3 is 25.2 Å². The molecule has 5 heteroatoms. The van der Waals surface area contributed by atoms with E-state index in [1.54, 1.807) is 7.11 Å². The zero-order valence-electron chi connectivity index (χ0n) is 15.2. The predicted molar refractivity (Wildman–Crippen MR) is 91.8 cm³/mol. The van der Waals surface area contributed by atoms with Crippen molar-refractivity contribution in [3.63, 3.8) is 0 Å². The lowest BCUT2D eigenvalue weighted by molar-refractivity contribution is -0.0378. The van der Waals surface area contributed by atoms with Crippen molar-refractivity contribution in [2.24, 2.45) is 0 Å². The highest BCUT2D eigenvalue weighted by Crippen LogP contribution is 2.14. The van der Waals surface area contributed by atoms with Gasteiger partial charge in [-0.1, -0.05) is 0 Å². The molecule has 3 N–H and O–H groups in total. The molecule has 0 amide bonds. The number of hydrogen-bond donors (Lipinski definition) is 3. The first-order valence-electron chi connectivity index (χ1n) is 8.16. The van der Waals surface area contributed by atoms with Crippen molar-refractivity contribution in [1.82, 2.24) is 10.6 Å². The van der Waals surface area contributed by atoms with Crippen LogP contribution in [0.1, 0.15) is 53.9 Å². The summed E-state index contributed by atoms with van der Waals surface area (Å²) < 4.78 is 11.1. The third-order valence-electron chi connectivity index (χ3n) is 3.70. The first-order chi connectivity index (χ1) is 10.2. The summed E-state index contributed by atoms with van der Waals surface area (Å²) in [5.74, 6) is 0. The molecule has 0 rings (SSSR count). The molecule has 0 saturated heterocycles. The second-order valence-electron chi connectivity index (χ2n) is 6.98. The Morgan fingerprint density at radius 2 is 1.82 bits per heavy atom. The molecule has 0 heterocycles. The quantitative estimate of drug-likeness (QED) is 0.456. The molecule has 0 spiro atoms. The largest absolute Gasteiger partial charge is 0.396 e. The van der Waals surface area contributed by atoms with Crippen LogP contribution in [0.25, 0.3) is 0 Å². The van der Waals surface area contributed by atoms with Crippen LogP contribution in [0, 0.1) is 0 Å². The number of hydrogen-bond acceptors (Lipinski definition) is 5. The Hall–Kier alpha value is -0.780. The monoisotopic (exact) mass is 316 g/mol. The van der Waals surface area contributed by atoms with Crippen LogP contribution in [0.3, 0.4) is 0 Å². The number of nitrogens with one attached hydrogen (secondary N) is 2. The van der Waals surface area contributed by atoms with E-state index in [1.165, 1.54) is 0 Å². The normalized spacial score (nSPS) is 14.3. The third-order valence-corrected chi connectivity index (χ3v) is 3.70. The highest BCUT2D eigenvalue weighted by Gasteiger charge is 2.18. The molecule has 0 bridgehead atoms. The number of methoxy groups -OCH3 is 1. The second-order valence-corrected chi connectivity index (χ2v) is 6.98. The van der Waals surface area contributed by atoms with Crippen LogP contribution in [0.5, 0.6) is 0 Å². The van der Waals surface area contributed by atoms with Gasteiger partial charge in [0.15, 0.2) is 0 Å². The van der Waals surface area contributed by atoms with Crippen LogP contribution in [0.4, 0.5) is 0 Å². The van der Waals surface area contributed by atoms with Gasteiger partial charge in [0.25, 0.3) is 0 Å². The van der Waals surface area contributed by atoms with Crippen LogP contribution in [0.2, 0.25) is 0 Å². The van der Waals surface area contributed by atoms with Gasteiger partial charge in [-0.15, -0.1) is 0 Å². The Balaban J connectivity index is 3.80. The van der Waals surface area contributed by atoms with Crippen molar-refractivity contribution < 1.29 is 14.6 Å². The van der Waals surface area contributed by atoms with E-state index in [2.05, 4.69) is 38.3 Å². The molecule has 0 aromatic rings. The topological polar surface area (TPSA) is 62.8 Å². The van der Waals surface area contributed by atoms with Gasteiger partial charge >= 0.3 is 0 Å². The summed E-state index contributed by atoms with van der Waals surface area (Å²) in [4.78, 5) is 0. The maximum atomic E-state index is 8.95. The SMILES string of the molecule is COC(C)CCOC(C)(C)CCN/C=C\NC(C)(C)CCO. The average molecular weight is 316 g/mol. The summed E-state index contributed by atoms with van der Waals surface area (Å²) in [6, 6.07) is 0. The fourth-order valence-corrected chi connectivity index (χ4v) is 1.83. The summed E-state index contributed by atoms with van der Waals surface area (Å²) in [5, 5.41) is 15.5. The maximum absolute atomic E-state index is 8.95. The Kier molecular flexibility index (Phi) is 10.5. The van der Waals surface area contributed by atoms with Gasteiger partial charge in [-0.05, 0) is 53.9 Å². The summed E-state index contributed by atoms with van der Waals surface area (Å²) in [6.45, 7) is 12.1.